The van der Waals surface area contributed by atoms with Crippen molar-refractivity contribution in [1.29, 1.82) is 0 Å². The van der Waals surface area contributed by atoms with Crippen LogP contribution < -0.4 is 10.6 Å². The lowest BCUT2D eigenvalue weighted by molar-refractivity contribution is -0.137. The SMILES string of the molecule is O=C(NCc1cccc(C(F)(F)F)c1)[C@@H]1CCCN1. The first-order chi connectivity index (χ1) is 8.97. The molecule has 1 amide bonds. The fourth-order valence-electron chi connectivity index (χ4n) is 2.08. The molecule has 0 saturated carbocycles. The molecule has 2 rings (SSSR count). The van der Waals surface area contributed by atoms with Gasteiger partial charge in [0.1, 0.15) is 0 Å². The number of nitrogens with one attached hydrogen (secondary N) is 2. The Morgan fingerprint density at radius 2 is 2.21 bits per heavy atom. The maximum Gasteiger partial charge on any atom is 0.416 e. The van der Waals surface area contributed by atoms with Crippen LogP contribution in [0.5, 0.6) is 0 Å². The quantitative estimate of drug-likeness (QED) is 0.884. The first kappa shape index (κ1) is 13.9. The first-order valence-electron chi connectivity index (χ1n) is 6.14. The van der Waals surface area contributed by atoms with Gasteiger partial charge in [-0.25, -0.2) is 0 Å². The molecule has 1 aliphatic heterocycles. The van der Waals surface area contributed by atoms with Crippen molar-refractivity contribution in [3.05, 3.63) is 35.4 Å². The predicted octanol–water partition coefficient (Wildman–Crippen LogP) is 2.07. The van der Waals surface area contributed by atoms with Crippen LogP contribution in [0.25, 0.3) is 0 Å². The summed E-state index contributed by atoms with van der Waals surface area (Å²) in [5, 5.41) is 5.69. The van der Waals surface area contributed by atoms with Crippen molar-refractivity contribution in [3.63, 3.8) is 0 Å². The molecule has 19 heavy (non-hydrogen) atoms. The van der Waals surface area contributed by atoms with Gasteiger partial charge < -0.3 is 10.6 Å². The van der Waals surface area contributed by atoms with E-state index in [0.717, 1.165) is 31.5 Å². The summed E-state index contributed by atoms with van der Waals surface area (Å²) in [6.45, 7) is 0.919. The highest BCUT2D eigenvalue weighted by Crippen LogP contribution is 2.29. The molecule has 6 heteroatoms. The Labute approximate surface area is 109 Å². The molecule has 0 radical (unpaired) electrons. The first-order valence-corrected chi connectivity index (χ1v) is 6.14. The summed E-state index contributed by atoms with van der Waals surface area (Å²) in [4.78, 5) is 11.7. The minimum atomic E-state index is -4.35. The van der Waals surface area contributed by atoms with Gasteiger partial charge in [0.25, 0.3) is 0 Å². The molecule has 1 heterocycles. The van der Waals surface area contributed by atoms with Crippen molar-refractivity contribution in [1.82, 2.24) is 10.6 Å². The summed E-state index contributed by atoms with van der Waals surface area (Å²) in [5.41, 5.74) is -0.251. The second-order valence-corrected chi connectivity index (χ2v) is 4.56. The van der Waals surface area contributed by atoms with Gasteiger partial charge in [0.15, 0.2) is 0 Å². The lowest BCUT2D eigenvalue weighted by atomic mass is 10.1. The van der Waals surface area contributed by atoms with Gasteiger partial charge in [-0.2, -0.15) is 13.2 Å². The number of rotatable bonds is 3. The van der Waals surface area contributed by atoms with Crippen LogP contribution in [0, 0.1) is 0 Å². The molecule has 1 aromatic rings. The molecule has 0 spiro atoms. The Balaban J connectivity index is 1.94. The van der Waals surface area contributed by atoms with E-state index in [9.17, 15) is 18.0 Å². The summed E-state index contributed by atoms with van der Waals surface area (Å²) >= 11 is 0. The van der Waals surface area contributed by atoms with Crippen LogP contribution in [-0.4, -0.2) is 18.5 Å². The van der Waals surface area contributed by atoms with E-state index < -0.39 is 11.7 Å². The molecule has 104 valence electrons. The predicted molar refractivity (Wildman–Crippen MR) is 64.3 cm³/mol. The summed E-state index contributed by atoms with van der Waals surface area (Å²) in [6.07, 6.45) is -2.64. The van der Waals surface area contributed by atoms with Crippen molar-refractivity contribution in [2.24, 2.45) is 0 Å². The molecular formula is C13H15F3N2O. The molecule has 3 nitrogen and oxygen atoms in total. The molecular weight excluding hydrogens is 257 g/mol. The summed E-state index contributed by atoms with van der Waals surface area (Å²) < 4.78 is 37.5. The molecule has 0 unspecified atom stereocenters. The smallest absolute Gasteiger partial charge is 0.351 e. The molecule has 1 saturated heterocycles. The Kier molecular flexibility index (Phi) is 4.09. The van der Waals surface area contributed by atoms with Gasteiger partial charge in [0, 0.05) is 6.54 Å². The third-order valence-corrected chi connectivity index (χ3v) is 3.10. The van der Waals surface area contributed by atoms with E-state index in [4.69, 9.17) is 0 Å². The number of amides is 1. The monoisotopic (exact) mass is 272 g/mol. The number of hydrogen-bond donors (Lipinski definition) is 2. The summed E-state index contributed by atoms with van der Waals surface area (Å²) in [6, 6.07) is 4.77. The zero-order chi connectivity index (χ0) is 13.9. The van der Waals surface area contributed by atoms with Crippen molar-refractivity contribution >= 4 is 5.91 Å². The highest BCUT2D eigenvalue weighted by molar-refractivity contribution is 5.81. The minimum Gasteiger partial charge on any atom is -0.351 e. The topological polar surface area (TPSA) is 41.1 Å². The van der Waals surface area contributed by atoms with Crippen LogP contribution in [0.3, 0.4) is 0 Å². The van der Waals surface area contributed by atoms with Crippen LogP contribution in [0.4, 0.5) is 13.2 Å². The molecule has 0 aromatic heterocycles. The summed E-state index contributed by atoms with van der Waals surface area (Å²) in [5.74, 6) is -0.157. The highest BCUT2D eigenvalue weighted by atomic mass is 19.4. The average Bonchev–Trinajstić information content (AvgIpc) is 2.89. The fraction of sp³-hybridized carbons (Fsp3) is 0.462. The minimum absolute atomic E-state index is 0.112. The van der Waals surface area contributed by atoms with Gasteiger partial charge in [-0.15, -0.1) is 0 Å². The van der Waals surface area contributed by atoms with E-state index in [1.165, 1.54) is 6.07 Å². The van der Waals surface area contributed by atoms with Crippen molar-refractivity contribution in [3.8, 4) is 0 Å². The van der Waals surface area contributed by atoms with Gasteiger partial charge in [-0.05, 0) is 37.1 Å². The summed E-state index contributed by atoms with van der Waals surface area (Å²) in [7, 11) is 0. The van der Waals surface area contributed by atoms with Crippen LogP contribution in [0.1, 0.15) is 24.0 Å². The van der Waals surface area contributed by atoms with Gasteiger partial charge in [-0.1, -0.05) is 12.1 Å². The standard InChI is InChI=1S/C13H15F3N2O/c14-13(15,16)10-4-1-3-9(7-10)8-18-12(19)11-5-2-6-17-11/h1,3-4,7,11,17H,2,5-6,8H2,(H,18,19)/t11-/m0/s1. The molecule has 2 N–H and O–H groups in total. The highest BCUT2D eigenvalue weighted by Gasteiger charge is 2.30. The lowest BCUT2D eigenvalue weighted by Gasteiger charge is -2.12. The van der Waals surface area contributed by atoms with E-state index in [1.807, 2.05) is 0 Å². The Morgan fingerprint density at radius 1 is 1.42 bits per heavy atom. The van der Waals surface area contributed by atoms with Crippen LogP contribution in [-0.2, 0) is 17.5 Å². The van der Waals surface area contributed by atoms with Crippen molar-refractivity contribution in [2.45, 2.75) is 31.6 Å². The van der Waals surface area contributed by atoms with Crippen molar-refractivity contribution in [2.75, 3.05) is 6.54 Å². The van der Waals surface area contributed by atoms with Gasteiger partial charge in [0.2, 0.25) is 5.91 Å². The van der Waals surface area contributed by atoms with Crippen LogP contribution >= 0.6 is 0 Å². The average molecular weight is 272 g/mol. The third kappa shape index (κ3) is 3.70. The van der Waals surface area contributed by atoms with Gasteiger partial charge >= 0.3 is 6.18 Å². The lowest BCUT2D eigenvalue weighted by Crippen LogP contribution is -2.40. The Hall–Kier alpha value is -1.56. The van der Waals surface area contributed by atoms with Gasteiger partial charge in [0.05, 0.1) is 11.6 Å². The molecule has 1 atom stereocenters. The molecule has 0 aliphatic carbocycles. The maximum atomic E-state index is 12.5. The van der Waals surface area contributed by atoms with E-state index in [1.54, 1.807) is 6.07 Å². The van der Waals surface area contributed by atoms with E-state index in [2.05, 4.69) is 10.6 Å². The third-order valence-electron chi connectivity index (χ3n) is 3.10. The number of carbonyl (C=O) groups excluding carboxylic acids is 1. The zero-order valence-electron chi connectivity index (χ0n) is 10.3. The van der Waals surface area contributed by atoms with Crippen LogP contribution in [0.15, 0.2) is 24.3 Å². The second kappa shape index (κ2) is 5.61. The number of hydrogen-bond acceptors (Lipinski definition) is 2. The molecule has 1 aliphatic rings. The zero-order valence-corrected chi connectivity index (χ0v) is 10.3. The van der Waals surface area contributed by atoms with E-state index in [0.29, 0.717) is 5.56 Å². The van der Waals surface area contributed by atoms with Crippen molar-refractivity contribution < 1.29 is 18.0 Å². The maximum absolute atomic E-state index is 12.5. The van der Waals surface area contributed by atoms with E-state index >= 15 is 0 Å². The second-order valence-electron chi connectivity index (χ2n) is 4.56. The molecule has 1 aromatic carbocycles. The molecule has 0 bridgehead atoms. The fourth-order valence-corrected chi connectivity index (χ4v) is 2.08. The molecule has 1 fully saturated rings. The number of alkyl halides is 3. The number of benzene rings is 1. The Bertz CT molecular complexity index is 453. The Morgan fingerprint density at radius 3 is 2.84 bits per heavy atom. The largest absolute Gasteiger partial charge is 0.416 e. The van der Waals surface area contributed by atoms with Gasteiger partial charge in [-0.3, -0.25) is 4.79 Å². The number of halogens is 3. The number of carbonyl (C=O) groups is 1. The van der Waals surface area contributed by atoms with E-state index in [-0.39, 0.29) is 18.5 Å². The van der Waals surface area contributed by atoms with Crippen LogP contribution in [0.2, 0.25) is 0 Å². The normalized spacial score (nSPS) is 19.4.